The molecule has 0 radical (unpaired) electrons. The van der Waals surface area contributed by atoms with Gasteiger partial charge < -0.3 is 8.94 Å². The largest absolute Gasteiger partial charge is 0.420 e. The Morgan fingerprint density at radius 2 is 1.89 bits per heavy atom. The van der Waals surface area contributed by atoms with Crippen molar-refractivity contribution in [2.24, 2.45) is 0 Å². The lowest BCUT2D eigenvalue weighted by molar-refractivity contribution is 0.385. The van der Waals surface area contributed by atoms with E-state index < -0.39 is 15.8 Å². The van der Waals surface area contributed by atoms with Crippen LogP contribution in [0.2, 0.25) is 0 Å². The van der Waals surface area contributed by atoms with E-state index in [0.29, 0.717) is 30.3 Å². The molecular weight excluding hydrogens is 372 g/mol. The van der Waals surface area contributed by atoms with Gasteiger partial charge in [-0.3, -0.25) is 4.57 Å². The molecule has 0 bridgehead atoms. The molecule has 2 heterocycles. The second kappa shape index (κ2) is 7.65. The number of fused-ring (bicyclic) bond motifs is 1. The minimum atomic E-state index is -3.65. The summed E-state index contributed by atoms with van der Waals surface area (Å²) < 4.78 is 38.8. The molecule has 0 aliphatic rings. The van der Waals surface area contributed by atoms with E-state index in [0.717, 1.165) is 12.8 Å². The number of rotatable bonds is 8. The van der Waals surface area contributed by atoms with Gasteiger partial charge in [0, 0.05) is 26.1 Å². The Balaban J connectivity index is 2.00. The molecule has 0 spiro atoms. The molecule has 3 aromatic rings. The van der Waals surface area contributed by atoms with Gasteiger partial charge in [0.15, 0.2) is 11.4 Å². The van der Waals surface area contributed by atoms with Gasteiger partial charge in [0.1, 0.15) is 0 Å². The Bertz CT molecular complexity index is 1090. The summed E-state index contributed by atoms with van der Waals surface area (Å²) in [7, 11) is -3.65. The third-order valence-corrected chi connectivity index (χ3v) is 5.99. The Morgan fingerprint density at radius 3 is 2.48 bits per heavy atom. The van der Waals surface area contributed by atoms with Gasteiger partial charge >= 0.3 is 5.76 Å². The Morgan fingerprint density at radius 1 is 1.19 bits per heavy atom. The molecule has 0 saturated carbocycles. The van der Waals surface area contributed by atoms with Crippen molar-refractivity contribution >= 4 is 21.1 Å². The summed E-state index contributed by atoms with van der Waals surface area (Å²) in [5.41, 5.74) is 0.674. The quantitative estimate of drug-likeness (QED) is 0.575. The van der Waals surface area contributed by atoms with Crippen molar-refractivity contribution in [2.45, 2.75) is 45.1 Å². The predicted molar refractivity (Wildman–Crippen MR) is 98.0 cm³/mol. The van der Waals surface area contributed by atoms with Gasteiger partial charge in [0.25, 0.3) is 0 Å². The highest BCUT2D eigenvalue weighted by Gasteiger charge is 2.24. The molecule has 0 unspecified atom stereocenters. The van der Waals surface area contributed by atoms with Crippen molar-refractivity contribution in [3.05, 3.63) is 40.5 Å². The van der Waals surface area contributed by atoms with Gasteiger partial charge in [0.2, 0.25) is 15.9 Å². The molecule has 0 saturated heterocycles. The van der Waals surface area contributed by atoms with Crippen LogP contribution >= 0.6 is 0 Å². The normalized spacial score (nSPS) is 12.3. The predicted octanol–water partition coefficient (Wildman–Crippen LogP) is 2.14. The van der Waals surface area contributed by atoms with E-state index in [1.807, 2.05) is 13.8 Å². The summed E-state index contributed by atoms with van der Waals surface area (Å²) in [5.74, 6) is 0.123. The van der Waals surface area contributed by atoms with Gasteiger partial charge in [-0.2, -0.15) is 9.29 Å². The number of nitrogens with zero attached hydrogens (tertiary/aromatic N) is 4. The van der Waals surface area contributed by atoms with Crippen LogP contribution in [0.5, 0.6) is 0 Å². The highest BCUT2D eigenvalue weighted by Crippen LogP contribution is 2.22. The molecule has 0 amide bonds. The monoisotopic (exact) mass is 394 g/mol. The maximum atomic E-state index is 12.9. The number of hydrogen-bond acceptors (Lipinski definition) is 7. The molecule has 2 aromatic heterocycles. The van der Waals surface area contributed by atoms with E-state index in [-0.39, 0.29) is 17.0 Å². The second-order valence-corrected chi connectivity index (χ2v) is 8.16. The molecule has 0 fully saturated rings. The fourth-order valence-corrected chi connectivity index (χ4v) is 4.54. The first-order valence-electron chi connectivity index (χ1n) is 8.79. The lowest BCUT2D eigenvalue weighted by Crippen LogP contribution is -2.32. The van der Waals surface area contributed by atoms with Crippen LogP contribution in [0.25, 0.3) is 11.1 Å². The first-order valence-corrected chi connectivity index (χ1v) is 10.2. The zero-order chi connectivity index (χ0) is 19.6. The molecule has 0 aliphatic heterocycles. The van der Waals surface area contributed by atoms with Crippen LogP contribution in [0.15, 0.2) is 36.8 Å². The Hall–Kier alpha value is -2.46. The Labute approximate surface area is 156 Å². The van der Waals surface area contributed by atoms with Crippen molar-refractivity contribution in [3.8, 4) is 0 Å². The highest BCUT2D eigenvalue weighted by molar-refractivity contribution is 7.89. The van der Waals surface area contributed by atoms with Gasteiger partial charge in [-0.25, -0.2) is 13.2 Å². The number of aromatic nitrogens is 3. The SMILES string of the molecule is CCCN(CCC)S(=O)(=O)c1ccc2c(c1)oc(=O)n2Cc1noc(C)n1. The minimum Gasteiger partial charge on any atom is -0.408 e. The molecule has 0 N–H and O–H groups in total. The molecule has 9 nitrogen and oxygen atoms in total. The highest BCUT2D eigenvalue weighted by atomic mass is 32.2. The van der Waals surface area contributed by atoms with Gasteiger partial charge in [-0.05, 0) is 25.0 Å². The lowest BCUT2D eigenvalue weighted by atomic mass is 10.3. The summed E-state index contributed by atoms with van der Waals surface area (Å²) in [6, 6.07) is 4.45. The smallest absolute Gasteiger partial charge is 0.408 e. The first-order chi connectivity index (χ1) is 12.9. The molecule has 3 rings (SSSR count). The van der Waals surface area contributed by atoms with Crippen molar-refractivity contribution in [1.82, 2.24) is 19.0 Å². The first kappa shape index (κ1) is 19.3. The van der Waals surface area contributed by atoms with Crippen molar-refractivity contribution < 1.29 is 17.4 Å². The summed E-state index contributed by atoms with van der Waals surface area (Å²) in [6.45, 7) is 6.47. The number of oxazole rings is 1. The minimum absolute atomic E-state index is 0.0765. The van der Waals surface area contributed by atoms with E-state index in [9.17, 15) is 13.2 Å². The lowest BCUT2D eigenvalue weighted by Gasteiger charge is -2.20. The zero-order valence-corrected chi connectivity index (χ0v) is 16.3. The van der Waals surface area contributed by atoms with E-state index in [1.165, 1.54) is 21.0 Å². The van der Waals surface area contributed by atoms with Crippen LogP contribution in [0, 0.1) is 6.92 Å². The summed E-state index contributed by atoms with van der Waals surface area (Å²) >= 11 is 0. The molecule has 0 atom stereocenters. The number of hydrogen-bond donors (Lipinski definition) is 0. The molecule has 0 aliphatic carbocycles. The van der Waals surface area contributed by atoms with Gasteiger partial charge in [-0.1, -0.05) is 19.0 Å². The molecule has 27 heavy (non-hydrogen) atoms. The van der Waals surface area contributed by atoms with Crippen LogP contribution in [0.1, 0.15) is 38.4 Å². The molecular formula is C17H22N4O5S. The van der Waals surface area contributed by atoms with Crippen molar-refractivity contribution in [3.63, 3.8) is 0 Å². The molecule has 146 valence electrons. The van der Waals surface area contributed by atoms with Crippen LogP contribution in [-0.2, 0) is 16.6 Å². The second-order valence-electron chi connectivity index (χ2n) is 6.22. The topological polar surface area (TPSA) is 111 Å². The average molecular weight is 394 g/mol. The third-order valence-electron chi connectivity index (χ3n) is 4.09. The fraction of sp³-hybridized carbons (Fsp3) is 0.471. The van der Waals surface area contributed by atoms with Crippen molar-refractivity contribution in [1.29, 1.82) is 0 Å². The maximum absolute atomic E-state index is 12.9. The summed E-state index contributed by atoms with van der Waals surface area (Å²) in [5, 5.41) is 3.77. The van der Waals surface area contributed by atoms with E-state index in [1.54, 1.807) is 13.0 Å². The molecule has 1 aromatic carbocycles. The number of benzene rings is 1. The van der Waals surface area contributed by atoms with Crippen LogP contribution in [-0.4, -0.2) is 40.5 Å². The maximum Gasteiger partial charge on any atom is 0.420 e. The van der Waals surface area contributed by atoms with E-state index in [2.05, 4.69) is 10.1 Å². The molecule has 10 heteroatoms. The van der Waals surface area contributed by atoms with Crippen LogP contribution in [0.3, 0.4) is 0 Å². The Kier molecular flexibility index (Phi) is 5.47. The standard InChI is InChI=1S/C17H22N4O5S/c1-4-8-20(9-5-2)27(23,24)13-6-7-14-15(10-13)25-17(22)21(14)11-16-18-12(3)26-19-16/h6-7,10H,4-5,8-9,11H2,1-3H3. The number of sulfonamides is 1. The van der Waals surface area contributed by atoms with E-state index in [4.69, 9.17) is 8.94 Å². The van der Waals surface area contributed by atoms with Gasteiger partial charge in [-0.15, -0.1) is 0 Å². The average Bonchev–Trinajstić information content (AvgIpc) is 3.17. The van der Waals surface area contributed by atoms with E-state index >= 15 is 0 Å². The summed E-state index contributed by atoms with van der Waals surface area (Å²) in [4.78, 5) is 16.4. The van der Waals surface area contributed by atoms with Crippen LogP contribution in [0.4, 0.5) is 0 Å². The fourth-order valence-electron chi connectivity index (χ4n) is 2.90. The zero-order valence-electron chi connectivity index (χ0n) is 15.5. The van der Waals surface area contributed by atoms with Gasteiger partial charge in [0.05, 0.1) is 17.0 Å². The summed E-state index contributed by atoms with van der Waals surface area (Å²) in [6.07, 6.45) is 1.44. The van der Waals surface area contributed by atoms with Crippen LogP contribution < -0.4 is 5.76 Å². The third kappa shape index (κ3) is 3.81. The number of aryl methyl sites for hydroxylation is 1. The van der Waals surface area contributed by atoms with Crippen molar-refractivity contribution in [2.75, 3.05) is 13.1 Å².